The minimum absolute atomic E-state index is 0.0179. The summed E-state index contributed by atoms with van der Waals surface area (Å²) in [5.41, 5.74) is 5.38. The van der Waals surface area contributed by atoms with Gasteiger partial charge in [-0.3, -0.25) is 14.5 Å². The number of carbonyl (C=O) groups is 2. The van der Waals surface area contributed by atoms with Crippen LogP contribution in [-0.2, 0) is 32.2 Å². The Balaban J connectivity index is 1.05. The molecule has 53 heavy (non-hydrogen) atoms. The molecule has 5 atom stereocenters. The minimum atomic E-state index is -5.02. The van der Waals surface area contributed by atoms with E-state index < -0.39 is 30.3 Å². The highest BCUT2D eigenvalue weighted by molar-refractivity contribution is 5.90. The van der Waals surface area contributed by atoms with Crippen LogP contribution in [0.2, 0.25) is 0 Å². The highest BCUT2D eigenvalue weighted by Crippen LogP contribution is 2.40. The second kappa shape index (κ2) is 16.7. The van der Waals surface area contributed by atoms with Crippen LogP contribution in [0.1, 0.15) is 79.6 Å². The van der Waals surface area contributed by atoms with Gasteiger partial charge < -0.3 is 29.7 Å². The number of aliphatic hydroxyl groups excluding tert-OH is 1. The lowest BCUT2D eigenvalue weighted by Crippen LogP contribution is -2.50. The first-order valence-corrected chi connectivity index (χ1v) is 19.0. The number of rotatable bonds is 11. The molecule has 4 aliphatic heterocycles. The molecule has 4 saturated heterocycles. The van der Waals surface area contributed by atoms with Crippen LogP contribution < -0.4 is 5.32 Å². The number of hydrogen-bond donors (Lipinski definition) is 2. The lowest BCUT2D eigenvalue weighted by atomic mass is 9.98. The van der Waals surface area contributed by atoms with Crippen LogP contribution in [0.3, 0.4) is 0 Å². The van der Waals surface area contributed by atoms with E-state index in [2.05, 4.69) is 21.2 Å². The third-order valence-corrected chi connectivity index (χ3v) is 11.2. The third-order valence-electron chi connectivity index (χ3n) is 11.2. The first-order valence-electron chi connectivity index (χ1n) is 19.0. The van der Waals surface area contributed by atoms with Crippen LogP contribution in [0, 0.1) is 0 Å². The first kappa shape index (κ1) is 37.5. The monoisotopic (exact) mass is 734 g/mol. The maximum Gasteiger partial charge on any atom is 0.471 e. The van der Waals surface area contributed by atoms with Crippen molar-refractivity contribution in [3.05, 3.63) is 95.1 Å². The van der Waals surface area contributed by atoms with Crippen molar-refractivity contribution in [1.82, 2.24) is 20.0 Å². The van der Waals surface area contributed by atoms with E-state index in [0.29, 0.717) is 17.4 Å². The fourth-order valence-corrected chi connectivity index (χ4v) is 8.38. The Bertz CT molecular complexity index is 1720. The average molecular weight is 735 g/mol. The summed E-state index contributed by atoms with van der Waals surface area (Å²) in [6, 6.07) is 23.0. The van der Waals surface area contributed by atoms with Crippen LogP contribution >= 0.6 is 0 Å². The predicted molar refractivity (Wildman–Crippen MR) is 193 cm³/mol. The van der Waals surface area contributed by atoms with E-state index in [1.807, 2.05) is 66.7 Å². The number of carbonyl (C=O) groups excluding carboxylic acids is 2. The summed E-state index contributed by atoms with van der Waals surface area (Å²) in [5, 5.41) is 12.4. The molecule has 2 N–H and O–H groups in total. The second-order valence-corrected chi connectivity index (χ2v) is 14.8. The third kappa shape index (κ3) is 9.12. The number of aliphatic hydroxyl groups is 1. The fourth-order valence-electron chi connectivity index (χ4n) is 8.38. The van der Waals surface area contributed by atoms with Gasteiger partial charge in [-0.05, 0) is 98.1 Å². The molecule has 7 rings (SSSR count). The Kier molecular flexibility index (Phi) is 11.8. The van der Waals surface area contributed by atoms with Gasteiger partial charge in [0.1, 0.15) is 6.04 Å². The Hall–Kier alpha value is -3.81. The number of halogens is 3. The van der Waals surface area contributed by atoms with Gasteiger partial charge in [0, 0.05) is 44.2 Å². The van der Waals surface area contributed by atoms with Gasteiger partial charge in [0.2, 0.25) is 5.91 Å². The second-order valence-electron chi connectivity index (χ2n) is 14.8. The van der Waals surface area contributed by atoms with Crippen molar-refractivity contribution in [1.29, 1.82) is 0 Å². The molecule has 3 aromatic rings. The number of alkyl halides is 3. The topological polar surface area (TPSA) is 94.6 Å². The molecule has 12 heteroatoms. The molecular formula is C41H49F3N4O5. The van der Waals surface area contributed by atoms with Crippen molar-refractivity contribution in [3.8, 4) is 11.1 Å². The number of hydrogen-bond acceptors (Lipinski definition) is 7. The van der Waals surface area contributed by atoms with Crippen LogP contribution in [-0.4, -0.2) is 95.3 Å². The van der Waals surface area contributed by atoms with Crippen LogP contribution in [0.4, 0.5) is 13.2 Å². The summed E-state index contributed by atoms with van der Waals surface area (Å²) in [7, 11) is 0. The van der Waals surface area contributed by atoms with E-state index in [1.54, 1.807) is 0 Å². The quantitative estimate of drug-likeness (QED) is 0.245. The molecular weight excluding hydrogens is 685 g/mol. The maximum absolute atomic E-state index is 13.1. The Labute approximate surface area is 309 Å². The summed E-state index contributed by atoms with van der Waals surface area (Å²) in [6.07, 6.45) is 0.360. The molecule has 284 valence electrons. The Morgan fingerprint density at radius 2 is 1.53 bits per heavy atom. The molecule has 0 radical (unpaired) electrons. The zero-order valence-electron chi connectivity index (χ0n) is 30.0. The van der Waals surface area contributed by atoms with Crippen molar-refractivity contribution in [3.63, 3.8) is 0 Å². The summed E-state index contributed by atoms with van der Waals surface area (Å²) in [4.78, 5) is 30.6. The molecule has 3 aromatic carbocycles. The van der Waals surface area contributed by atoms with Crippen LogP contribution in [0.15, 0.2) is 72.8 Å². The minimum Gasteiger partial charge on any atom is -0.392 e. The number of nitrogens with one attached hydrogen (secondary N) is 1. The fraction of sp³-hybridized carbons (Fsp3) is 0.512. The van der Waals surface area contributed by atoms with E-state index in [-0.39, 0.29) is 38.3 Å². The van der Waals surface area contributed by atoms with Gasteiger partial charge in [-0.1, -0.05) is 60.7 Å². The predicted octanol–water partition coefficient (Wildman–Crippen LogP) is 6.12. The smallest absolute Gasteiger partial charge is 0.392 e. The van der Waals surface area contributed by atoms with E-state index in [4.69, 9.17) is 9.47 Å². The van der Waals surface area contributed by atoms with Crippen molar-refractivity contribution in [2.24, 2.45) is 0 Å². The molecule has 0 saturated carbocycles. The van der Waals surface area contributed by atoms with E-state index >= 15 is 0 Å². The van der Waals surface area contributed by atoms with Gasteiger partial charge in [0.15, 0.2) is 6.29 Å². The normalized spacial score (nSPS) is 25.6. The molecule has 2 amide bonds. The molecule has 4 fully saturated rings. The van der Waals surface area contributed by atoms with Gasteiger partial charge in [-0.2, -0.15) is 13.2 Å². The summed E-state index contributed by atoms with van der Waals surface area (Å²) >= 11 is 0. The Morgan fingerprint density at radius 3 is 2.28 bits per heavy atom. The lowest BCUT2D eigenvalue weighted by Gasteiger charge is -2.39. The molecule has 0 aromatic heterocycles. The molecule has 0 bridgehead atoms. The van der Waals surface area contributed by atoms with Crippen molar-refractivity contribution in [2.45, 2.75) is 94.9 Å². The highest BCUT2D eigenvalue weighted by atomic mass is 19.4. The van der Waals surface area contributed by atoms with Gasteiger partial charge in [0.05, 0.1) is 18.8 Å². The standard InChI is InChI=1S/C41H49F3N4O5/c42-41(43,44)40(51)48-20-6-12-36(48)38(50)45-24-29-7-3-8-31(21-29)32-9-4-10-33(22-32)39-52-35(23-37(53-39)30-15-13-28(27-49)14-16-30)26-47-19-5-11-34(47)25-46-17-1-2-18-46/h3-4,7-10,13-16,21-22,34-37,39,49H,1-2,5-6,11-12,17-20,23-27H2,(H,45,50)/t34-,35+,36-,37-,39-/m0/s1. The highest BCUT2D eigenvalue weighted by Gasteiger charge is 2.47. The largest absolute Gasteiger partial charge is 0.471 e. The molecule has 9 nitrogen and oxygen atoms in total. The van der Waals surface area contributed by atoms with E-state index in [9.17, 15) is 27.9 Å². The van der Waals surface area contributed by atoms with Crippen molar-refractivity contribution >= 4 is 11.8 Å². The van der Waals surface area contributed by atoms with Gasteiger partial charge in [-0.25, -0.2) is 0 Å². The number of nitrogens with zero attached hydrogens (tertiary/aromatic N) is 3. The van der Waals surface area contributed by atoms with Gasteiger partial charge >= 0.3 is 12.1 Å². The Morgan fingerprint density at radius 1 is 0.792 bits per heavy atom. The van der Waals surface area contributed by atoms with Crippen LogP contribution in [0.25, 0.3) is 11.1 Å². The number of benzene rings is 3. The van der Waals surface area contributed by atoms with Crippen molar-refractivity contribution < 1.29 is 37.3 Å². The summed E-state index contributed by atoms with van der Waals surface area (Å²) in [6.45, 7) is 5.39. The number of ether oxygens (including phenoxy) is 2. The summed E-state index contributed by atoms with van der Waals surface area (Å²) in [5.74, 6) is -2.57. The molecule has 4 heterocycles. The number of amides is 2. The molecule has 0 aliphatic carbocycles. The van der Waals surface area contributed by atoms with E-state index in [0.717, 1.165) is 59.4 Å². The molecule has 4 aliphatic rings. The number of likely N-dealkylation sites (tertiary alicyclic amines) is 3. The maximum atomic E-state index is 13.1. The zero-order chi connectivity index (χ0) is 37.0. The van der Waals surface area contributed by atoms with Crippen LogP contribution in [0.5, 0.6) is 0 Å². The zero-order valence-corrected chi connectivity index (χ0v) is 30.0. The van der Waals surface area contributed by atoms with Gasteiger partial charge in [0.25, 0.3) is 0 Å². The average Bonchev–Trinajstić information content (AvgIpc) is 3.97. The van der Waals surface area contributed by atoms with Crippen molar-refractivity contribution in [2.75, 3.05) is 39.3 Å². The molecule has 0 spiro atoms. The SMILES string of the molecule is O=C(NCc1cccc(-c2cccc([C@H]3O[C@@H](CN4CCC[C@H]4CN4CCCC4)C[C@@H](c4ccc(CO)cc4)O3)c2)c1)[C@@H]1CCCN1C(=O)C(F)(F)F. The van der Waals surface area contributed by atoms with E-state index in [1.165, 1.54) is 38.8 Å². The lowest BCUT2D eigenvalue weighted by molar-refractivity contribution is -0.253. The summed E-state index contributed by atoms with van der Waals surface area (Å²) < 4.78 is 52.7. The molecule has 0 unspecified atom stereocenters. The van der Waals surface area contributed by atoms with Gasteiger partial charge in [-0.15, -0.1) is 0 Å². The first-order chi connectivity index (χ1) is 25.6.